The Kier molecular flexibility index (Phi) is 7.64. The standard InChI is InChI=1S/C19H30N4O3S2/c1-16-5-6-17(15-18(16)28(24,25)23-8-3-2-4-9-23)21-19(27)20-7-10-22-11-13-26-14-12-22/h5-6,15H,2-4,7-14H2,1H3,(H2,20,21,27)/p+1. The molecule has 0 saturated carbocycles. The Morgan fingerprint density at radius 3 is 2.64 bits per heavy atom. The van der Waals surface area contributed by atoms with Gasteiger partial charge in [-0.25, -0.2) is 8.42 Å². The van der Waals surface area contributed by atoms with Gasteiger partial charge in [0.15, 0.2) is 5.11 Å². The van der Waals surface area contributed by atoms with Crippen LogP contribution in [0.25, 0.3) is 0 Å². The van der Waals surface area contributed by atoms with E-state index in [4.69, 9.17) is 17.0 Å². The zero-order valence-corrected chi connectivity index (χ0v) is 18.1. The van der Waals surface area contributed by atoms with Crippen molar-refractivity contribution < 1.29 is 18.1 Å². The Bertz CT molecular complexity index is 773. The number of piperidine rings is 1. The van der Waals surface area contributed by atoms with Crippen LogP contribution in [0.2, 0.25) is 0 Å². The van der Waals surface area contributed by atoms with Crippen molar-refractivity contribution in [2.24, 2.45) is 0 Å². The molecule has 2 aliphatic rings. The van der Waals surface area contributed by atoms with E-state index in [1.807, 2.05) is 19.1 Å². The first kappa shape index (κ1) is 21.4. The molecule has 0 amide bonds. The lowest BCUT2D eigenvalue weighted by molar-refractivity contribution is -0.906. The summed E-state index contributed by atoms with van der Waals surface area (Å²) >= 11 is 5.38. The van der Waals surface area contributed by atoms with Gasteiger partial charge in [-0.15, -0.1) is 0 Å². The first-order valence-electron chi connectivity index (χ1n) is 10.0. The summed E-state index contributed by atoms with van der Waals surface area (Å²) in [5, 5.41) is 6.85. The number of nitrogens with zero attached hydrogens (tertiary/aromatic N) is 1. The van der Waals surface area contributed by atoms with Gasteiger partial charge in [0.05, 0.1) is 31.2 Å². The van der Waals surface area contributed by atoms with Gasteiger partial charge >= 0.3 is 0 Å². The summed E-state index contributed by atoms with van der Waals surface area (Å²) in [6.07, 6.45) is 2.95. The summed E-state index contributed by atoms with van der Waals surface area (Å²) in [6, 6.07) is 5.39. The van der Waals surface area contributed by atoms with Gasteiger partial charge in [-0.1, -0.05) is 12.5 Å². The molecule has 0 aliphatic carbocycles. The average Bonchev–Trinajstić information content (AvgIpc) is 2.71. The molecule has 0 spiro atoms. The summed E-state index contributed by atoms with van der Waals surface area (Å²) in [5.41, 5.74) is 1.45. The van der Waals surface area contributed by atoms with Crippen LogP contribution in [0.15, 0.2) is 23.1 Å². The van der Waals surface area contributed by atoms with Crippen molar-refractivity contribution in [3.05, 3.63) is 23.8 Å². The number of thiocarbonyl (C=S) groups is 1. The largest absolute Gasteiger partial charge is 0.370 e. The number of benzene rings is 1. The third kappa shape index (κ3) is 5.64. The van der Waals surface area contributed by atoms with Crippen LogP contribution in [0.3, 0.4) is 0 Å². The van der Waals surface area contributed by atoms with E-state index in [-0.39, 0.29) is 0 Å². The Morgan fingerprint density at radius 2 is 1.93 bits per heavy atom. The molecule has 3 rings (SSSR count). The molecule has 0 unspecified atom stereocenters. The molecular weight excluding hydrogens is 396 g/mol. The summed E-state index contributed by atoms with van der Waals surface area (Å²) in [4.78, 5) is 1.87. The van der Waals surface area contributed by atoms with E-state index in [2.05, 4.69) is 10.6 Å². The van der Waals surface area contributed by atoms with Crippen LogP contribution in [-0.2, 0) is 14.8 Å². The minimum absolute atomic E-state index is 0.361. The topological polar surface area (TPSA) is 75.1 Å². The van der Waals surface area contributed by atoms with Crippen molar-refractivity contribution in [2.45, 2.75) is 31.1 Å². The number of hydrogen-bond acceptors (Lipinski definition) is 4. The molecule has 0 bridgehead atoms. The van der Waals surface area contributed by atoms with E-state index in [9.17, 15) is 8.42 Å². The molecular formula is C19H31N4O3S2+. The van der Waals surface area contributed by atoms with E-state index in [1.165, 1.54) is 4.90 Å². The highest BCUT2D eigenvalue weighted by atomic mass is 32.2. The number of quaternary nitrogens is 1. The number of morpholine rings is 1. The average molecular weight is 428 g/mol. The highest BCUT2D eigenvalue weighted by Gasteiger charge is 2.27. The van der Waals surface area contributed by atoms with Gasteiger partial charge in [0, 0.05) is 18.8 Å². The minimum Gasteiger partial charge on any atom is -0.370 e. The van der Waals surface area contributed by atoms with E-state index < -0.39 is 10.0 Å². The number of ether oxygens (including phenoxy) is 1. The van der Waals surface area contributed by atoms with Crippen LogP contribution in [0.1, 0.15) is 24.8 Å². The highest BCUT2D eigenvalue weighted by Crippen LogP contribution is 2.26. The molecule has 28 heavy (non-hydrogen) atoms. The maximum Gasteiger partial charge on any atom is 0.243 e. The maximum absolute atomic E-state index is 13.0. The first-order valence-corrected chi connectivity index (χ1v) is 11.9. The number of anilines is 1. The lowest BCUT2D eigenvalue weighted by Crippen LogP contribution is -3.14. The third-order valence-corrected chi connectivity index (χ3v) is 7.63. The van der Waals surface area contributed by atoms with Gasteiger partial charge < -0.3 is 20.3 Å². The molecule has 1 aromatic rings. The normalized spacial score (nSPS) is 19.3. The molecule has 0 radical (unpaired) electrons. The van der Waals surface area contributed by atoms with Crippen molar-refractivity contribution in [2.75, 3.05) is 57.8 Å². The molecule has 2 heterocycles. The summed E-state index contributed by atoms with van der Waals surface area (Å²) in [6.45, 7) is 8.47. The fraction of sp³-hybridized carbons (Fsp3) is 0.632. The van der Waals surface area contributed by atoms with Crippen LogP contribution in [0.5, 0.6) is 0 Å². The SMILES string of the molecule is Cc1ccc(NC(=S)NCC[NH+]2CCOCC2)cc1S(=O)(=O)N1CCCCC1. The van der Waals surface area contributed by atoms with Crippen molar-refractivity contribution in [1.29, 1.82) is 0 Å². The molecule has 3 N–H and O–H groups in total. The van der Waals surface area contributed by atoms with Gasteiger partial charge in [0.2, 0.25) is 10.0 Å². The van der Waals surface area contributed by atoms with Crippen molar-refractivity contribution in [3.63, 3.8) is 0 Å². The number of hydrogen-bond donors (Lipinski definition) is 3. The van der Waals surface area contributed by atoms with Gasteiger partial charge in [0.1, 0.15) is 13.1 Å². The Hall–Kier alpha value is -1.26. The molecule has 9 heteroatoms. The van der Waals surface area contributed by atoms with Crippen LogP contribution in [-0.4, -0.2) is 70.3 Å². The van der Waals surface area contributed by atoms with Crippen LogP contribution in [0, 0.1) is 6.92 Å². The first-order chi connectivity index (χ1) is 13.5. The van der Waals surface area contributed by atoms with E-state index in [0.29, 0.717) is 28.8 Å². The fourth-order valence-corrected chi connectivity index (χ4v) is 5.63. The summed E-state index contributed by atoms with van der Waals surface area (Å²) < 4.78 is 33.0. The molecule has 0 atom stereocenters. The highest BCUT2D eigenvalue weighted by molar-refractivity contribution is 7.89. The lowest BCUT2D eigenvalue weighted by atomic mass is 10.2. The van der Waals surface area contributed by atoms with Crippen LogP contribution >= 0.6 is 12.2 Å². The second kappa shape index (κ2) is 9.98. The van der Waals surface area contributed by atoms with Gasteiger partial charge in [0.25, 0.3) is 0 Å². The van der Waals surface area contributed by atoms with E-state index in [1.54, 1.807) is 10.4 Å². The van der Waals surface area contributed by atoms with E-state index >= 15 is 0 Å². The Labute approximate surface area is 173 Å². The minimum atomic E-state index is -3.47. The van der Waals surface area contributed by atoms with Crippen LogP contribution < -0.4 is 15.5 Å². The quantitative estimate of drug-likeness (QED) is 0.570. The maximum atomic E-state index is 13.0. The summed E-state index contributed by atoms with van der Waals surface area (Å²) in [7, 11) is -3.47. The molecule has 2 aliphatic heterocycles. The second-order valence-corrected chi connectivity index (χ2v) is 9.75. The third-order valence-electron chi connectivity index (χ3n) is 5.34. The monoisotopic (exact) mass is 427 g/mol. The second-order valence-electron chi connectivity index (χ2n) is 7.44. The van der Waals surface area contributed by atoms with Crippen LogP contribution in [0.4, 0.5) is 5.69 Å². The van der Waals surface area contributed by atoms with Crippen molar-refractivity contribution >= 4 is 33.0 Å². The smallest absolute Gasteiger partial charge is 0.243 e. The van der Waals surface area contributed by atoms with Gasteiger partial charge in [-0.2, -0.15) is 4.31 Å². The molecule has 0 aromatic heterocycles. The van der Waals surface area contributed by atoms with Gasteiger partial charge in [-0.05, 0) is 49.7 Å². The van der Waals surface area contributed by atoms with Crippen molar-refractivity contribution in [1.82, 2.24) is 9.62 Å². The number of nitrogens with one attached hydrogen (secondary N) is 3. The van der Waals surface area contributed by atoms with Crippen molar-refractivity contribution in [3.8, 4) is 0 Å². The predicted molar refractivity (Wildman–Crippen MR) is 114 cm³/mol. The van der Waals surface area contributed by atoms with E-state index in [0.717, 1.165) is 64.2 Å². The zero-order chi connectivity index (χ0) is 20.0. The van der Waals surface area contributed by atoms with Gasteiger partial charge in [-0.3, -0.25) is 0 Å². The lowest BCUT2D eigenvalue weighted by Gasteiger charge is -2.27. The predicted octanol–water partition coefficient (Wildman–Crippen LogP) is 0.371. The summed E-state index contributed by atoms with van der Waals surface area (Å²) in [5.74, 6) is 0. The molecule has 2 fully saturated rings. The fourth-order valence-electron chi connectivity index (χ4n) is 3.64. The Balaban J connectivity index is 1.58. The molecule has 156 valence electrons. The number of sulfonamides is 1. The number of aryl methyl sites for hydroxylation is 1. The zero-order valence-electron chi connectivity index (χ0n) is 16.5. The molecule has 1 aromatic carbocycles. The molecule has 7 nitrogen and oxygen atoms in total. The number of rotatable bonds is 6. The Morgan fingerprint density at radius 1 is 1.21 bits per heavy atom. The molecule has 2 saturated heterocycles.